The summed E-state index contributed by atoms with van der Waals surface area (Å²) in [7, 11) is 0. The van der Waals surface area contributed by atoms with Crippen molar-refractivity contribution in [2.24, 2.45) is 5.41 Å². The summed E-state index contributed by atoms with van der Waals surface area (Å²) in [5, 5.41) is 2.72. The highest BCUT2D eigenvalue weighted by Crippen LogP contribution is 2.41. The predicted molar refractivity (Wildman–Crippen MR) is 169 cm³/mol. The number of hydrogen-bond donors (Lipinski definition) is 0. The van der Waals surface area contributed by atoms with Crippen LogP contribution in [0.5, 0.6) is 0 Å². The van der Waals surface area contributed by atoms with Crippen LogP contribution in [0.1, 0.15) is 56.9 Å². The van der Waals surface area contributed by atoms with Gasteiger partial charge in [0.05, 0.1) is 0 Å². The third-order valence-electron chi connectivity index (χ3n) is 8.46. The molecule has 5 aromatic carbocycles. The van der Waals surface area contributed by atoms with Gasteiger partial charge in [0.2, 0.25) is 0 Å². The lowest BCUT2D eigenvalue weighted by Gasteiger charge is -2.32. The number of allylic oxidation sites excluding steroid dienone is 1. The van der Waals surface area contributed by atoms with Crippen LogP contribution in [-0.4, -0.2) is 0 Å². The van der Waals surface area contributed by atoms with Crippen molar-refractivity contribution in [1.82, 2.24) is 0 Å². The molecule has 0 aromatic heterocycles. The van der Waals surface area contributed by atoms with Crippen LogP contribution in [0, 0.1) is 11.2 Å². The zero-order valence-electron chi connectivity index (χ0n) is 24.2. The van der Waals surface area contributed by atoms with Crippen molar-refractivity contribution in [3.8, 4) is 22.3 Å². The van der Waals surface area contributed by atoms with E-state index in [4.69, 9.17) is 0 Å². The van der Waals surface area contributed by atoms with Crippen molar-refractivity contribution in [3.63, 3.8) is 0 Å². The number of halogens is 1. The molecule has 40 heavy (non-hydrogen) atoms. The normalized spacial score (nSPS) is 13.4. The van der Waals surface area contributed by atoms with Crippen LogP contribution in [0.3, 0.4) is 0 Å². The Bertz CT molecular complexity index is 1720. The largest absolute Gasteiger partial charge is 0.207 e. The fourth-order valence-corrected chi connectivity index (χ4v) is 6.42. The van der Waals surface area contributed by atoms with Crippen LogP contribution in [0.4, 0.5) is 4.39 Å². The smallest absolute Gasteiger partial charge is 0.128 e. The lowest BCUT2D eigenvalue weighted by molar-refractivity contribution is 0.437. The Morgan fingerprint density at radius 1 is 0.675 bits per heavy atom. The summed E-state index contributed by atoms with van der Waals surface area (Å²) < 4.78 is 15.7. The van der Waals surface area contributed by atoms with Crippen molar-refractivity contribution in [2.75, 3.05) is 0 Å². The molecule has 0 aliphatic heterocycles. The second-order valence-corrected chi connectivity index (χ2v) is 13.0. The van der Waals surface area contributed by atoms with Gasteiger partial charge in [-0.05, 0) is 85.5 Å². The highest BCUT2D eigenvalue weighted by atomic mass is 19.1. The lowest BCUT2D eigenvalue weighted by atomic mass is 9.73. The van der Waals surface area contributed by atoms with Crippen LogP contribution >= 0.6 is 0 Å². The Kier molecular flexibility index (Phi) is 6.50. The SMILES string of the molecule is CC(C)(Cc1ccc(-c2cc(F)c(C(C)(C)C)c(-c3ccccc3)c2)cc1)C1=Cc2cccc3cccc(c23)C1. The van der Waals surface area contributed by atoms with Crippen LogP contribution in [0.15, 0.2) is 109 Å². The summed E-state index contributed by atoms with van der Waals surface area (Å²) in [6.07, 6.45) is 4.35. The lowest BCUT2D eigenvalue weighted by Crippen LogP contribution is -2.21. The predicted octanol–water partition coefficient (Wildman–Crippen LogP) is 10.8. The molecule has 0 radical (unpaired) electrons. The Balaban J connectivity index is 1.30. The molecule has 0 bridgehead atoms. The maximum atomic E-state index is 15.7. The standard InChI is InChI=1S/C39H37F/c1-38(2,3)37-34(28-11-7-6-8-12-28)23-32(24-35(37)40)27-19-17-26(18-20-27)25-39(4,5)33-21-30-15-9-13-29-14-10-16-31(22-33)36(29)30/h6-21,23-24H,22,25H2,1-5H3. The van der Waals surface area contributed by atoms with Gasteiger partial charge < -0.3 is 0 Å². The van der Waals surface area contributed by atoms with Crippen molar-refractivity contribution in [1.29, 1.82) is 0 Å². The third-order valence-corrected chi connectivity index (χ3v) is 8.46. The number of benzene rings is 5. The summed E-state index contributed by atoms with van der Waals surface area (Å²) in [5.74, 6) is -0.145. The molecule has 0 saturated carbocycles. The van der Waals surface area contributed by atoms with Gasteiger partial charge in [-0.25, -0.2) is 4.39 Å². The molecular formula is C39H37F. The second kappa shape index (κ2) is 9.89. The molecule has 0 amide bonds. The van der Waals surface area contributed by atoms with Gasteiger partial charge in [-0.15, -0.1) is 0 Å². The van der Waals surface area contributed by atoms with Crippen LogP contribution < -0.4 is 0 Å². The van der Waals surface area contributed by atoms with Gasteiger partial charge in [-0.2, -0.15) is 0 Å². The Morgan fingerprint density at radius 3 is 2.08 bits per heavy atom. The molecule has 0 N–H and O–H groups in total. The first kappa shape index (κ1) is 26.3. The highest BCUT2D eigenvalue weighted by Gasteiger charge is 2.28. The molecule has 1 aliphatic carbocycles. The highest BCUT2D eigenvalue weighted by molar-refractivity contribution is 5.95. The summed E-state index contributed by atoms with van der Waals surface area (Å²) in [4.78, 5) is 0. The molecule has 0 heterocycles. The molecular weight excluding hydrogens is 487 g/mol. The monoisotopic (exact) mass is 524 g/mol. The Hall–Kier alpha value is -3.97. The summed E-state index contributed by atoms with van der Waals surface area (Å²) in [5.41, 5.74) is 9.94. The van der Waals surface area contributed by atoms with Gasteiger partial charge in [0.15, 0.2) is 0 Å². The molecule has 0 fully saturated rings. The van der Waals surface area contributed by atoms with Crippen LogP contribution in [0.2, 0.25) is 0 Å². The van der Waals surface area contributed by atoms with Gasteiger partial charge in [-0.1, -0.05) is 137 Å². The fraction of sp³-hybridized carbons (Fsp3) is 0.231. The Morgan fingerprint density at radius 2 is 1.38 bits per heavy atom. The maximum Gasteiger partial charge on any atom is 0.128 e. The van der Waals surface area contributed by atoms with Gasteiger partial charge in [0.25, 0.3) is 0 Å². The molecule has 200 valence electrons. The third kappa shape index (κ3) is 4.90. The van der Waals surface area contributed by atoms with E-state index < -0.39 is 0 Å². The van der Waals surface area contributed by atoms with Gasteiger partial charge >= 0.3 is 0 Å². The molecule has 1 heteroatoms. The molecule has 6 rings (SSSR count). The minimum atomic E-state index is -0.303. The first-order valence-electron chi connectivity index (χ1n) is 14.3. The van der Waals surface area contributed by atoms with E-state index in [1.54, 1.807) is 6.07 Å². The molecule has 5 aromatic rings. The van der Waals surface area contributed by atoms with Crippen molar-refractivity contribution in [3.05, 3.63) is 137 Å². The van der Waals surface area contributed by atoms with Gasteiger partial charge in [-0.3, -0.25) is 0 Å². The topological polar surface area (TPSA) is 0 Å². The maximum absolute atomic E-state index is 15.7. The molecule has 0 spiro atoms. The fourth-order valence-electron chi connectivity index (χ4n) is 6.42. The molecule has 0 saturated heterocycles. The molecule has 0 nitrogen and oxygen atoms in total. The van der Waals surface area contributed by atoms with Crippen molar-refractivity contribution in [2.45, 2.75) is 52.9 Å². The summed E-state index contributed by atoms with van der Waals surface area (Å²) in [6, 6.07) is 36.0. The van der Waals surface area contributed by atoms with E-state index in [1.807, 2.05) is 18.2 Å². The second-order valence-electron chi connectivity index (χ2n) is 13.0. The van der Waals surface area contributed by atoms with Crippen molar-refractivity contribution < 1.29 is 4.39 Å². The summed E-state index contributed by atoms with van der Waals surface area (Å²) in [6.45, 7) is 10.9. The van der Waals surface area contributed by atoms with E-state index in [0.29, 0.717) is 0 Å². The first-order chi connectivity index (χ1) is 19.1. The average molecular weight is 525 g/mol. The minimum absolute atomic E-state index is 0.0121. The van der Waals surface area contributed by atoms with Crippen LogP contribution in [-0.2, 0) is 18.3 Å². The van der Waals surface area contributed by atoms with E-state index in [2.05, 4.69) is 120 Å². The van der Waals surface area contributed by atoms with E-state index in [0.717, 1.165) is 40.7 Å². The van der Waals surface area contributed by atoms with Gasteiger partial charge in [0, 0.05) is 5.56 Å². The average Bonchev–Trinajstić information content (AvgIpc) is 2.93. The van der Waals surface area contributed by atoms with Crippen LogP contribution in [0.25, 0.3) is 39.1 Å². The van der Waals surface area contributed by atoms with E-state index in [1.165, 1.54) is 33.0 Å². The quantitative estimate of drug-likeness (QED) is 0.214. The molecule has 1 aliphatic rings. The van der Waals surface area contributed by atoms with E-state index in [9.17, 15) is 0 Å². The Labute approximate surface area is 238 Å². The zero-order valence-corrected chi connectivity index (χ0v) is 24.2. The number of rotatable bonds is 5. The van der Waals surface area contributed by atoms with Gasteiger partial charge in [0.1, 0.15) is 5.82 Å². The minimum Gasteiger partial charge on any atom is -0.207 e. The van der Waals surface area contributed by atoms with E-state index >= 15 is 4.39 Å². The first-order valence-corrected chi connectivity index (χ1v) is 14.3. The van der Waals surface area contributed by atoms with Crippen molar-refractivity contribution >= 4 is 16.8 Å². The van der Waals surface area contributed by atoms with E-state index in [-0.39, 0.29) is 16.6 Å². The molecule has 0 unspecified atom stereocenters. The molecule has 0 atom stereocenters. The summed E-state index contributed by atoms with van der Waals surface area (Å²) >= 11 is 0. The number of hydrogen-bond acceptors (Lipinski definition) is 0. The zero-order chi connectivity index (χ0) is 28.1.